The van der Waals surface area contributed by atoms with Crippen molar-refractivity contribution in [2.45, 2.75) is 5.92 Å². The Bertz CT molecular complexity index is 461. The van der Waals surface area contributed by atoms with E-state index in [0.717, 1.165) is 6.08 Å². The van der Waals surface area contributed by atoms with E-state index in [1.165, 1.54) is 13.2 Å². The summed E-state index contributed by atoms with van der Waals surface area (Å²) in [5.41, 5.74) is 0.661. The average Bonchev–Trinajstić information content (AvgIpc) is 2.43. The third kappa shape index (κ3) is 5.05. The number of carbonyl (C=O) groups is 1. The van der Waals surface area contributed by atoms with Crippen molar-refractivity contribution in [2.75, 3.05) is 20.3 Å². The predicted octanol–water partition coefficient (Wildman–Crippen LogP) is 1.45. The number of aliphatic hydroxyl groups excluding tert-OH is 1. The zero-order valence-electron chi connectivity index (χ0n) is 10.4. The van der Waals surface area contributed by atoms with Gasteiger partial charge in [-0.25, -0.2) is 8.78 Å². The standard InChI is InChI=1S/C13H15F2NO3/c1-19-11-5-3-2-4-10(11)6-7-12(18)16-8-13(14,15)9-17/h2-7,17H,8-9H2,1H3,(H,16,18)/b7-6+. The molecule has 2 N–H and O–H groups in total. The van der Waals surface area contributed by atoms with Gasteiger partial charge in [0.05, 0.1) is 13.7 Å². The first kappa shape index (κ1) is 15.1. The highest BCUT2D eigenvalue weighted by atomic mass is 19.3. The van der Waals surface area contributed by atoms with Crippen molar-refractivity contribution in [1.29, 1.82) is 0 Å². The van der Waals surface area contributed by atoms with Crippen LogP contribution < -0.4 is 10.1 Å². The molecule has 6 heteroatoms. The molecular weight excluding hydrogens is 256 g/mol. The van der Waals surface area contributed by atoms with Crippen LogP contribution in [0.25, 0.3) is 6.08 Å². The second kappa shape index (κ2) is 6.84. The van der Waals surface area contributed by atoms with Gasteiger partial charge in [0.25, 0.3) is 5.92 Å². The lowest BCUT2D eigenvalue weighted by molar-refractivity contribution is -0.119. The number of rotatable bonds is 6. The quantitative estimate of drug-likeness (QED) is 0.770. The van der Waals surface area contributed by atoms with Crippen LogP contribution in [0.3, 0.4) is 0 Å². The molecule has 1 amide bonds. The SMILES string of the molecule is COc1ccccc1/C=C/C(=O)NCC(F)(F)CO. The van der Waals surface area contributed by atoms with Crippen molar-refractivity contribution in [3.05, 3.63) is 35.9 Å². The summed E-state index contributed by atoms with van der Waals surface area (Å²) in [4.78, 5) is 11.3. The number of ether oxygens (including phenoxy) is 1. The van der Waals surface area contributed by atoms with E-state index in [0.29, 0.717) is 11.3 Å². The Kier molecular flexibility index (Phi) is 5.44. The Morgan fingerprint density at radius 2 is 2.16 bits per heavy atom. The molecule has 0 radical (unpaired) electrons. The Labute approximate surface area is 109 Å². The van der Waals surface area contributed by atoms with Gasteiger partial charge in [-0.1, -0.05) is 18.2 Å². The number of aliphatic hydroxyl groups is 1. The summed E-state index contributed by atoms with van der Waals surface area (Å²) in [5, 5.41) is 10.4. The molecule has 1 rings (SSSR count). The molecule has 4 nitrogen and oxygen atoms in total. The molecule has 0 saturated heterocycles. The highest BCUT2D eigenvalue weighted by Crippen LogP contribution is 2.18. The van der Waals surface area contributed by atoms with Gasteiger partial charge in [-0.05, 0) is 12.1 Å². The molecular formula is C13H15F2NO3. The number of benzene rings is 1. The predicted molar refractivity (Wildman–Crippen MR) is 67.1 cm³/mol. The number of hydrogen-bond donors (Lipinski definition) is 2. The van der Waals surface area contributed by atoms with Gasteiger partial charge in [0.1, 0.15) is 12.4 Å². The van der Waals surface area contributed by atoms with Crippen LogP contribution in [0, 0.1) is 0 Å². The first-order valence-corrected chi connectivity index (χ1v) is 5.56. The van der Waals surface area contributed by atoms with Gasteiger partial charge in [-0.2, -0.15) is 0 Å². The number of halogens is 2. The maximum absolute atomic E-state index is 12.7. The summed E-state index contributed by atoms with van der Waals surface area (Å²) in [6.07, 6.45) is 2.59. The Morgan fingerprint density at radius 1 is 1.47 bits per heavy atom. The molecule has 1 aromatic carbocycles. The van der Waals surface area contributed by atoms with Gasteiger partial charge in [0.15, 0.2) is 0 Å². The number of methoxy groups -OCH3 is 1. The van der Waals surface area contributed by atoms with Crippen molar-refractivity contribution in [2.24, 2.45) is 0 Å². The average molecular weight is 271 g/mol. The van der Waals surface area contributed by atoms with Gasteiger partial charge in [0, 0.05) is 11.6 Å². The molecule has 0 saturated carbocycles. The molecule has 0 heterocycles. The van der Waals surface area contributed by atoms with Crippen LogP contribution in [0.2, 0.25) is 0 Å². The Morgan fingerprint density at radius 3 is 2.79 bits per heavy atom. The number of nitrogens with one attached hydrogen (secondary N) is 1. The monoisotopic (exact) mass is 271 g/mol. The second-order valence-corrected chi connectivity index (χ2v) is 3.81. The van der Waals surface area contributed by atoms with E-state index in [9.17, 15) is 13.6 Å². The minimum Gasteiger partial charge on any atom is -0.496 e. The normalized spacial score (nSPS) is 11.6. The summed E-state index contributed by atoms with van der Waals surface area (Å²) in [5.74, 6) is -3.40. The highest BCUT2D eigenvalue weighted by Gasteiger charge is 2.27. The van der Waals surface area contributed by atoms with Crippen LogP contribution in [-0.2, 0) is 4.79 Å². The van der Waals surface area contributed by atoms with E-state index in [4.69, 9.17) is 9.84 Å². The number of alkyl halides is 2. The van der Waals surface area contributed by atoms with Crippen LogP contribution >= 0.6 is 0 Å². The van der Waals surface area contributed by atoms with Crippen molar-refractivity contribution < 1.29 is 23.4 Å². The van der Waals surface area contributed by atoms with Crippen molar-refractivity contribution in [1.82, 2.24) is 5.32 Å². The molecule has 0 aliphatic rings. The van der Waals surface area contributed by atoms with Gasteiger partial charge in [-0.15, -0.1) is 0 Å². The molecule has 1 aromatic rings. The largest absolute Gasteiger partial charge is 0.496 e. The van der Waals surface area contributed by atoms with Crippen molar-refractivity contribution >= 4 is 12.0 Å². The van der Waals surface area contributed by atoms with Gasteiger partial charge in [-0.3, -0.25) is 4.79 Å². The summed E-state index contributed by atoms with van der Waals surface area (Å²) >= 11 is 0. The summed E-state index contributed by atoms with van der Waals surface area (Å²) in [6, 6.07) is 6.99. The van der Waals surface area contributed by atoms with Crippen molar-refractivity contribution in [3.8, 4) is 5.75 Å². The van der Waals surface area contributed by atoms with Crippen LogP contribution in [0.1, 0.15) is 5.56 Å². The van der Waals surface area contributed by atoms with Crippen LogP contribution in [0.5, 0.6) is 5.75 Å². The number of carbonyl (C=O) groups excluding carboxylic acids is 1. The molecule has 0 spiro atoms. The third-order valence-electron chi connectivity index (χ3n) is 2.31. The summed E-state index contributed by atoms with van der Waals surface area (Å²) < 4.78 is 30.4. The molecule has 0 aromatic heterocycles. The number of para-hydroxylation sites is 1. The van der Waals surface area contributed by atoms with E-state index in [1.54, 1.807) is 24.3 Å². The fourth-order valence-corrected chi connectivity index (χ4v) is 1.30. The molecule has 0 bridgehead atoms. The molecule has 104 valence electrons. The number of amides is 1. The fourth-order valence-electron chi connectivity index (χ4n) is 1.30. The molecule has 19 heavy (non-hydrogen) atoms. The first-order chi connectivity index (χ1) is 8.98. The first-order valence-electron chi connectivity index (χ1n) is 5.56. The Balaban J connectivity index is 2.59. The van der Waals surface area contributed by atoms with E-state index >= 15 is 0 Å². The van der Waals surface area contributed by atoms with Crippen LogP contribution in [-0.4, -0.2) is 37.2 Å². The highest BCUT2D eigenvalue weighted by molar-refractivity contribution is 5.92. The second-order valence-electron chi connectivity index (χ2n) is 3.81. The fraction of sp³-hybridized carbons (Fsp3) is 0.308. The van der Waals surface area contributed by atoms with Crippen molar-refractivity contribution in [3.63, 3.8) is 0 Å². The lowest BCUT2D eigenvalue weighted by Gasteiger charge is -2.12. The molecule has 0 atom stereocenters. The van der Waals surface area contributed by atoms with Crippen LogP contribution in [0.15, 0.2) is 30.3 Å². The minimum absolute atomic E-state index is 0.576. The molecule has 0 unspecified atom stereocenters. The topological polar surface area (TPSA) is 58.6 Å². The molecule has 0 aliphatic carbocycles. The molecule has 0 aliphatic heterocycles. The van der Waals surface area contributed by atoms with E-state index in [-0.39, 0.29) is 0 Å². The van der Waals surface area contributed by atoms with Crippen LogP contribution in [0.4, 0.5) is 8.78 Å². The van der Waals surface area contributed by atoms with Gasteiger partial charge in [0.2, 0.25) is 5.91 Å². The summed E-state index contributed by atoms with van der Waals surface area (Å²) in [6.45, 7) is -2.21. The minimum atomic E-state index is -3.31. The Hall–Kier alpha value is -1.95. The smallest absolute Gasteiger partial charge is 0.287 e. The third-order valence-corrected chi connectivity index (χ3v) is 2.31. The van der Waals surface area contributed by atoms with Gasteiger partial charge < -0.3 is 15.2 Å². The summed E-state index contributed by atoms with van der Waals surface area (Å²) in [7, 11) is 1.49. The maximum atomic E-state index is 12.7. The van der Waals surface area contributed by atoms with Gasteiger partial charge >= 0.3 is 0 Å². The molecule has 0 fully saturated rings. The number of hydrogen-bond acceptors (Lipinski definition) is 3. The maximum Gasteiger partial charge on any atom is 0.287 e. The lowest BCUT2D eigenvalue weighted by Crippen LogP contribution is -2.38. The zero-order valence-corrected chi connectivity index (χ0v) is 10.4. The van der Waals surface area contributed by atoms with E-state index < -0.39 is 25.0 Å². The zero-order chi connectivity index (χ0) is 14.3. The van der Waals surface area contributed by atoms with E-state index in [2.05, 4.69) is 0 Å². The van der Waals surface area contributed by atoms with E-state index in [1.807, 2.05) is 5.32 Å². The lowest BCUT2D eigenvalue weighted by atomic mass is 10.2.